The molecule has 188 valence electrons. The molecule has 1 unspecified atom stereocenters. The number of pyridine rings is 1. The zero-order chi connectivity index (χ0) is 26.2. The van der Waals surface area contributed by atoms with Gasteiger partial charge in [0.2, 0.25) is 5.95 Å². The summed E-state index contributed by atoms with van der Waals surface area (Å²) in [6, 6.07) is 7.09. The predicted molar refractivity (Wildman–Crippen MR) is 128 cm³/mol. The second-order valence-electron chi connectivity index (χ2n) is 9.43. The Hall–Kier alpha value is -2.95. The normalized spacial score (nSPS) is 14.0. The standard InChI is InChI=1S/C24H27ClF3N5O2/c1-13-19(15-7-9-18(29-12-15)24(26,27)28)32-21(31-13)33-20(34)16-10-14(6-8-17(16)25)11-30-23(5,35)22(2,3)4/h6-10,12,30,35H,11H2,1-5H3,(H2,31,32,33,34). The lowest BCUT2D eigenvalue weighted by molar-refractivity contribution is -0.141. The van der Waals surface area contributed by atoms with Crippen LogP contribution in [-0.4, -0.2) is 31.7 Å². The van der Waals surface area contributed by atoms with Crippen LogP contribution >= 0.6 is 11.6 Å². The van der Waals surface area contributed by atoms with Crippen LogP contribution < -0.4 is 10.6 Å². The van der Waals surface area contributed by atoms with Crippen molar-refractivity contribution < 1.29 is 23.1 Å². The van der Waals surface area contributed by atoms with E-state index in [1.54, 1.807) is 32.0 Å². The Morgan fingerprint density at radius 2 is 1.83 bits per heavy atom. The SMILES string of the molecule is Cc1[nH]c(NC(=O)c2cc(CNC(C)(O)C(C)(C)C)ccc2Cl)nc1-c1ccc(C(F)(F)F)nc1. The number of aromatic amines is 1. The molecule has 0 bridgehead atoms. The van der Waals surface area contributed by atoms with Crippen LogP contribution in [0.2, 0.25) is 5.02 Å². The Morgan fingerprint density at radius 3 is 2.40 bits per heavy atom. The Labute approximate surface area is 206 Å². The van der Waals surface area contributed by atoms with Gasteiger partial charge in [0.05, 0.1) is 16.3 Å². The molecule has 2 heterocycles. The van der Waals surface area contributed by atoms with Crippen LogP contribution in [0.4, 0.5) is 19.1 Å². The van der Waals surface area contributed by atoms with Crippen molar-refractivity contribution in [2.45, 2.75) is 53.1 Å². The third-order valence-corrected chi connectivity index (χ3v) is 6.15. The predicted octanol–water partition coefficient (Wildman–Crippen LogP) is 5.55. The number of alkyl halides is 3. The number of aromatic nitrogens is 3. The highest BCUT2D eigenvalue weighted by molar-refractivity contribution is 6.34. The van der Waals surface area contributed by atoms with E-state index in [0.717, 1.165) is 17.8 Å². The maximum absolute atomic E-state index is 12.9. The Balaban J connectivity index is 1.76. The number of hydrogen-bond donors (Lipinski definition) is 4. The van der Waals surface area contributed by atoms with Crippen molar-refractivity contribution >= 4 is 23.5 Å². The van der Waals surface area contributed by atoms with Gasteiger partial charge in [-0.1, -0.05) is 38.4 Å². The van der Waals surface area contributed by atoms with Gasteiger partial charge in [0.15, 0.2) is 0 Å². The number of nitrogens with zero attached hydrogens (tertiary/aromatic N) is 2. The minimum Gasteiger partial charge on any atom is -0.376 e. The van der Waals surface area contributed by atoms with Crippen molar-refractivity contribution in [2.75, 3.05) is 5.32 Å². The van der Waals surface area contributed by atoms with Crippen LogP contribution in [0.5, 0.6) is 0 Å². The number of benzene rings is 1. The molecule has 35 heavy (non-hydrogen) atoms. The highest BCUT2D eigenvalue weighted by Gasteiger charge is 2.34. The van der Waals surface area contributed by atoms with Crippen molar-refractivity contribution in [3.05, 3.63) is 64.1 Å². The molecule has 0 aliphatic rings. The lowest BCUT2D eigenvalue weighted by Gasteiger charge is -2.38. The number of H-pyrrole nitrogens is 1. The first kappa shape index (κ1) is 26.7. The van der Waals surface area contributed by atoms with E-state index in [4.69, 9.17) is 11.6 Å². The molecule has 0 spiro atoms. The number of aliphatic hydroxyl groups is 1. The Kier molecular flexibility index (Phi) is 7.31. The lowest BCUT2D eigenvalue weighted by atomic mass is 9.84. The monoisotopic (exact) mass is 509 g/mol. The molecule has 4 N–H and O–H groups in total. The van der Waals surface area contributed by atoms with Crippen LogP contribution in [-0.2, 0) is 12.7 Å². The fraction of sp³-hybridized carbons (Fsp3) is 0.375. The van der Waals surface area contributed by atoms with Crippen molar-refractivity contribution in [1.29, 1.82) is 0 Å². The number of amides is 1. The van der Waals surface area contributed by atoms with Gasteiger partial charge in [-0.25, -0.2) is 4.98 Å². The molecule has 11 heteroatoms. The minimum atomic E-state index is -4.54. The second kappa shape index (κ2) is 9.60. The zero-order valence-electron chi connectivity index (χ0n) is 19.9. The molecule has 7 nitrogen and oxygen atoms in total. The molecule has 1 atom stereocenters. The van der Waals surface area contributed by atoms with E-state index in [-0.39, 0.29) is 16.5 Å². The quantitative estimate of drug-likeness (QED) is 0.326. The minimum absolute atomic E-state index is 0.109. The molecule has 0 aliphatic carbocycles. The summed E-state index contributed by atoms with van der Waals surface area (Å²) in [5.74, 6) is -0.414. The van der Waals surface area contributed by atoms with Gasteiger partial charge in [-0.05, 0) is 43.7 Å². The van der Waals surface area contributed by atoms with E-state index < -0.39 is 28.9 Å². The van der Waals surface area contributed by atoms with E-state index in [0.29, 0.717) is 23.5 Å². The van der Waals surface area contributed by atoms with Gasteiger partial charge >= 0.3 is 6.18 Å². The number of imidazole rings is 1. The van der Waals surface area contributed by atoms with Crippen molar-refractivity contribution in [2.24, 2.45) is 5.41 Å². The first-order valence-electron chi connectivity index (χ1n) is 10.8. The number of halogens is 4. The summed E-state index contributed by atoms with van der Waals surface area (Å²) in [6.07, 6.45) is -3.46. The molecule has 3 rings (SSSR count). The maximum atomic E-state index is 12.9. The largest absolute Gasteiger partial charge is 0.433 e. The van der Waals surface area contributed by atoms with Crippen LogP contribution in [0.25, 0.3) is 11.3 Å². The molecular formula is C24H27ClF3N5O2. The van der Waals surface area contributed by atoms with E-state index in [9.17, 15) is 23.1 Å². The van der Waals surface area contributed by atoms with Gasteiger partial charge in [0.1, 0.15) is 11.4 Å². The molecule has 0 saturated heterocycles. The van der Waals surface area contributed by atoms with Gasteiger partial charge < -0.3 is 10.1 Å². The van der Waals surface area contributed by atoms with E-state index >= 15 is 0 Å². The average Bonchev–Trinajstić information content (AvgIpc) is 3.11. The molecule has 3 aromatic rings. The average molecular weight is 510 g/mol. The highest BCUT2D eigenvalue weighted by atomic mass is 35.5. The maximum Gasteiger partial charge on any atom is 0.433 e. The van der Waals surface area contributed by atoms with E-state index in [1.807, 2.05) is 20.8 Å². The van der Waals surface area contributed by atoms with E-state index in [1.165, 1.54) is 6.07 Å². The summed E-state index contributed by atoms with van der Waals surface area (Å²) in [4.78, 5) is 23.5. The lowest BCUT2D eigenvalue weighted by Crippen LogP contribution is -2.52. The number of hydrogen-bond acceptors (Lipinski definition) is 5. The van der Waals surface area contributed by atoms with Crippen LogP contribution in [0.1, 0.15) is 55.0 Å². The first-order chi connectivity index (χ1) is 16.1. The molecule has 0 aliphatic heterocycles. The number of rotatable bonds is 6. The van der Waals surface area contributed by atoms with Crippen molar-refractivity contribution in [1.82, 2.24) is 20.3 Å². The Morgan fingerprint density at radius 1 is 1.14 bits per heavy atom. The van der Waals surface area contributed by atoms with Gasteiger partial charge in [0.25, 0.3) is 5.91 Å². The summed E-state index contributed by atoms with van der Waals surface area (Å²) in [6.45, 7) is 9.37. The fourth-order valence-corrected chi connectivity index (χ4v) is 3.28. The van der Waals surface area contributed by atoms with Crippen LogP contribution in [0.3, 0.4) is 0 Å². The summed E-state index contributed by atoms with van der Waals surface area (Å²) in [5, 5.41) is 16.6. The molecule has 0 saturated carbocycles. The number of aryl methyl sites for hydroxylation is 1. The number of anilines is 1. The summed E-state index contributed by atoms with van der Waals surface area (Å²) in [5.41, 5.74) is -0.378. The van der Waals surface area contributed by atoms with Crippen molar-refractivity contribution in [3.8, 4) is 11.3 Å². The summed E-state index contributed by atoms with van der Waals surface area (Å²) >= 11 is 6.24. The molecule has 2 aromatic heterocycles. The van der Waals surface area contributed by atoms with Crippen LogP contribution in [0, 0.1) is 12.3 Å². The number of carbonyl (C=O) groups excluding carboxylic acids is 1. The molecular weight excluding hydrogens is 483 g/mol. The highest BCUT2D eigenvalue weighted by Crippen LogP contribution is 2.30. The first-order valence-corrected chi connectivity index (χ1v) is 11.1. The van der Waals surface area contributed by atoms with Gasteiger partial charge in [-0.15, -0.1) is 0 Å². The third kappa shape index (κ3) is 6.19. The van der Waals surface area contributed by atoms with Crippen LogP contribution in [0.15, 0.2) is 36.5 Å². The molecule has 0 radical (unpaired) electrons. The fourth-order valence-electron chi connectivity index (χ4n) is 3.07. The van der Waals surface area contributed by atoms with Crippen molar-refractivity contribution in [3.63, 3.8) is 0 Å². The van der Waals surface area contributed by atoms with Gasteiger partial charge in [0, 0.05) is 29.4 Å². The van der Waals surface area contributed by atoms with E-state index in [2.05, 4.69) is 25.6 Å². The van der Waals surface area contributed by atoms with Gasteiger partial charge in [-0.3, -0.25) is 20.4 Å². The number of carbonyl (C=O) groups is 1. The molecule has 0 fully saturated rings. The zero-order valence-corrected chi connectivity index (χ0v) is 20.7. The molecule has 1 aromatic carbocycles. The molecule has 1 amide bonds. The topological polar surface area (TPSA) is 103 Å². The second-order valence-corrected chi connectivity index (χ2v) is 9.84. The third-order valence-electron chi connectivity index (χ3n) is 5.82. The smallest absolute Gasteiger partial charge is 0.376 e. The number of nitrogens with one attached hydrogen (secondary N) is 3. The summed E-state index contributed by atoms with van der Waals surface area (Å²) < 4.78 is 38.3. The Bertz CT molecular complexity index is 1220. The summed E-state index contributed by atoms with van der Waals surface area (Å²) in [7, 11) is 0. The van der Waals surface area contributed by atoms with Gasteiger partial charge in [-0.2, -0.15) is 13.2 Å².